The van der Waals surface area contributed by atoms with Gasteiger partial charge in [-0.2, -0.15) is 10.5 Å². The zero-order valence-electron chi connectivity index (χ0n) is 43.2. The van der Waals surface area contributed by atoms with E-state index in [0.717, 1.165) is 22.5 Å². The molecule has 0 aromatic heterocycles. The number of Topliss-reactive ketones (excluding diaryl/α,β-unsaturated/α-hetero) is 5. The molecule has 386 valence electrons. The number of hydrogen-bond donors (Lipinski definition) is 0. The number of fused-ring (bicyclic) bond motifs is 1. The quantitative estimate of drug-likeness (QED) is 0.0307. The van der Waals surface area contributed by atoms with Crippen LogP contribution in [-0.4, -0.2) is 69.3 Å². The number of ketones is 5. The second kappa shape index (κ2) is 24.8. The maximum Gasteiger partial charge on any atom is 0.233 e. The number of allylic oxidation sites excluding steroid dienone is 8. The van der Waals surface area contributed by atoms with Gasteiger partial charge in [0, 0.05) is 64.4 Å². The molecule has 12 nitrogen and oxygen atoms in total. The van der Waals surface area contributed by atoms with E-state index >= 15 is 0 Å². The summed E-state index contributed by atoms with van der Waals surface area (Å²) in [6.45, 7) is 1.85. The van der Waals surface area contributed by atoms with Gasteiger partial charge in [0.1, 0.15) is 53.9 Å². The van der Waals surface area contributed by atoms with E-state index in [4.69, 9.17) is 14.2 Å². The fourth-order valence-electron chi connectivity index (χ4n) is 8.81. The molecule has 1 heterocycles. The number of rotatable bonds is 20. The Morgan fingerprint density at radius 2 is 0.861 bits per heavy atom. The van der Waals surface area contributed by atoms with E-state index in [1.54, 1.807) is 158 Å². The summed E-state index contributed by atoms with van der Waals surface area (Å²) in [6.07, 6.45) is 10.9. The zero-order valence-corrected chi connectivity index (χ0v) is 43.2. The first-order valence-corrected chi connectivity index (χ1v) is 25.2. The van der Waals surface area contributed by atoms with E-state index in [0.29, 0.717) is 77.1 Å². The van der Waals surface area contributed by atoms with Crippen LogP contribution in [-0.2, 0) is 4.74 Å². The van der Waals surface area contributed by atoms with Crippen LogP contribution in [0.4, 0.5) is 11.4 Å². The summed E-state index contributed by atoms with van der Waals surface area (Å²) in [4.78, 5) is 69.0. The van der Waals surface area contributed by atoms with Crippen LogP contribution in [0.3, 0.4) is 0 Å². The number of nitrogens with zero attached hydrogens (tertiary/aromatic N) is 4. The minimum atomic E-state index is -0.580. The molecule has 1 aliphatic heterocycles. The summed E-state index contributed by atoms with van der Waals surface area (Å²) >= 11 is 0. The first kappa shape index (κ1) is 53.1. The fourth-order valence-corrected chi connectivity index (χ4v) is 8.81. The Balaban J connectivity index is 0.845. The van der Waals surface area contributed by atoms with E-state index in [9.17, 15) is 34.5 Å². The Labute approximate surface area is 457 Å². The number of nitriles is 2. The van der Waals surface area contributed by atoms with E-state index < -0.39 is 23.1 Å². The average Bonchev–Trinajstić information content (AvgIpc) is 3.91. The third kappa shape index (κ3) is 12.7. The van der Waals surface area contributed by atoms with Crippen molar-refractivity contribution in [1.82, 2.24) is 0 Å². The van der Waals surface area contributed by atoms with Crippen LogP contribution in [0.15, 0.2) is 235 Å². The lowest BCUT2D eigenvalue weighted by Crippen LogP contribution is -2.23. The standard InChI is InChI=1S/C67H50N4O8/c1-70(37-39-77-55-33-23-49(24-34-55)65(74)63(72)47-11-5-3-6-12-47)53-27-17-45(18-28-53)21-31-57-41-51(62-61(52(43-68)44-69)59-15-9-10-16-60(59)67(62)76)42-58(79-57)32-22-46-19-29-54(30-20-46)71(2)38-40-78-56-35-25-50(26-36-56)66(75)64(73)48-13-7-4-8-14-48/h3-36,41-42H,37-40H2,1-2H3/b31-21+,32-22+. The van der Waals surface area contributed by atoms with Gasteiger partial charge in [0.25, 0.3) is 0 Å². The van der Waals surface area contributed by atoms with Crippen molar-refractivity contribution in [3.8, 4) is 23.6 Å². The number of likely N-dealkylation sites (N-methyl/N-ethyl adjacent to an activating group) is 2. The summed E-state index contributed by atoms with van der Waals surface area (Å²) in [7, 11) is 3.91. The first-order valence-electron chi connectivity index (χ1n) is 25.2. The van der Waals surface area contributed by atoms with Gasteiger partial charge in [-0.25, -0.2) is 0 Å². The molecule has 79 heavy (non-hydrogen) atoms. The fraction of sp³-hybridized carbons (Fsp3) is 0.0896. The van der Waals surface area contributed by atoms with Gasteiger partial charge in [-0.1, -0.05) is 121 Å². The third-order valence-corrected chi connectivity index (χ3v) is 13.2. The first-order chi connectivity index (χ1) is 38.5. The molecule has 7 aromatic carbocycles. The van der Waals surface area contributed by atoms with E-state index in [1.165, 1.54) is 0 Å². The Morgan fingerprint density at radius 3 is 1.27 bits per heavy atom. The molecular formula is C67H50N4O8. The molecule has 7 aromatic rings. The Bertz CT molecular complexity index is 3540. The van der Waals surface area contributed by atoms with Gasteiger partial charge in [0.15, 0.2) is 5.78 Å². The Hall–Kier alpha value is -10.7. The van der Waals surface area contributed by atoms with Crippen LogP contribution >= 0.6 is 0 Å². The molecule has 0 bridgehead atoms. The number of carbonyl (C=O) groups is 5. The molecule has 0 saturated carbocycles. The number of ether oxygens (including phenoxy) is 3. The van der Waals surface area contributed by atoms with Crippen LogP contribution in [0.25, 0.3) is 17.7 Å². The van der Waals surface area contributed by atoms with Crippen LogP contribution in [0.2, 0.25) is 0 Å². The number of carbonyl (C=O) groups excluding carboxylic acids is 5. The molecule has 1 aliphatic carbocycles. The lowest BCUT2D eigenvalue weighted by Gasteiger charge is -2.20. The average molecular weight is 1040 g/mol. The van der Waals surface area contributed by atoms with E-state index in [2.05, 4.69) is 0 Å². The van der Waals surface area contributed by atoms with Gasteiger partial charge in [-0.3, -0.25) is 24.0 Å². The minimum Gasteiger partial charge on any atom is -0.492 e. The molecule has 2 aliphatic rings. The second-order valence-electron chi connectivity index (χ2n) is 18.4. The molecule has 12 heteroatoms. The molecule has 0 N–H and O–H groups in total. The van der Waals surface area contributed by atoms with Crippen molar-refractivity contribution in [2.24, 2.45) is 0 Å². The summed E-state index contributed by atoms with van der Waals surface area (Å²) in [5.74, 6) is -0.604. The minimum absolute atomic E-state index is 0.169. The lowest BCUT2D eigenvalue weighted by atomic mass is 9.94. The lowest BCUT2D eigenvalue weighted by molar-refractivity contribution is 0.0817. The van der Waals surface area contributed by atoms with Crippen molar-refractivity contribution in [2.45, 2.75) is 0 Å². The number of benzene rings is 7. The Morgan fingerprint density at radius 1 is 0.481 bits per heavy atom. The normalized spacial score (nSPS) is 12.7. The highest BCUT2D eigenvalue weighted by Crippen LogP contribution is 2.42. The molecule has 0 amide bonds. The molecule has 0 unspecified atom stereocenters. The highest BCUT2D eigenvalue weighted by Gasteiger charge is 2.34. The smallest absolute Gasteiger partial charge is 0.233 e. The second-order valence-corrected chi connectivity index (χ2v) is 18.4. The maximum atomic E-state index is 14.1. The number of anilines is 2. The highest BCUT2D eigenvalue weighted by molar-refractivity contribution is 6.49. The topological polar surface area (TPSA) is 167 Å². The molecule has 0 fully saturated rings. The largest absolute Gasteiger partial charge is 0.492 e. The van der Waals surface area contributed by atoms with E-state index in [-0.39, 0.29) is 33.6 Å². The molecule has 9 rings (SSSR count). The van der Waals surface area contributed by atoms with Crippen LogP contribution in [0, 0.1) is 22.7 Å². The SMILES string of the molecule is CN(CCOc1ccc(C(=O)C(=O)c2ccccc2)cc1)c1ccc(/C=C/C2=CC(=C3C(=O)c4ccccc4C3=C(C#N)C#N)C=C(/C=C/c3ccc(N(C)CCOc4ccc(C(=O)C(=O)c5ccccc5)cc4)cc3)O2)cc1. The van der Waals surface area contributed by atoms with Gasteiger partial charge in [0.05, 0.1) is 13.1 Å². The molecule has 0 radical (unpaired) electrons. The monoisotopic (exact) mass is 1040 g/mol. The van der Waals surface area contributed by atoms with Crippen molar-refractivity contribution >= 4 is 58.0 Å². The molecule has 0 spiro atoms. The van der Waals surface area contributed by atoms with Crippen molar-refractivity contribution in [3.05, 3.63) is 279 Å². The van der Waals surface area contributed by atoms with E-state index in [1.807, 2.05) is 96.7 Å². The van der Waals surface area contributed by atoms with Gasteiger partial charge in [-0.15, -0.1) is 0 Å². The van der Waals surface area contributed by atoms with Crippen molar-refractivity contribution in [3.63, 3.8) is 0 Å². The van der Waals surface area contributed by atoms with Crippen molar-refractivity contribution in [2.75, 3.05) is 50.2 Å². The highest BCUT2D eigenvalue weighted by atomic mass is 16.5. The number of hydrogen-bond acceptors (Lipinski definition) is 12. The van der Waals surface area contributed by atoms with Crippen LogP contribution < -0.4 is 19.3 Å². The summed E-state index contributed by atoms with van der Waals surface area (Å²) in [6, 6.07) is 56.7. The summed E-state index contributed by atoms with van der Waals surface area (Å²) in [5, 5.41) is 20.1. The summed E-state index contributed by atoms with van der Waals surface area (Å²) < 4.78 is 18.3. The van der Waals surface area contributed by atoms with Gasteiger partial charge < -0.3 is 24.0 Å². The maximum absolute atomic E-state index is 14.1. The van der Waals surface area contributed by atoms with Crippen molar-refractivity contribution < 1.29 is 38.2 Å². The molecule has 0 atom stereocenters. The Kier molecular flexibility index (Phi) is 16.7. The van der Waals surface area contributed by atoms with Crippen molar-refractivity contribution in [1.29, 1.82) is 10.5 Å². The van der Waals surface area contributed by atoms with Gasteiger partial charge >= 0.3 is 0 Å². The predicted molar refractivity (Wildman–Crippen MR) is 305 cm³/mol. The van der Waals surface area contributed by atoms with Crippen LogP contribution in [0.1, 0.15) is 68.5 Å². The molecular weight excluding hydrogens is 989 g/mol. The van der Waals surface area contributed by atoms with Gasteiger partial charge in [-0.05, 0) is 119 Å². The summed E-state index contributed by atoms with van der Waals surface area (Å²) in [5.41, 5.74) is 6.64. The van der Waals surface area contributed by atoms with Gasteiger partial charge in [0.2, 0.25) is 23.1 Å². The van der Waals surface area contributed by atoms with Crippen LogP contribution in [0.5, 0.6) is 11.5 Å². The molecule has 0 saturated heterocycles. The zero-order chi connectivity index (χ0) is 55.3. The third-order valence-electron chi connectivity index (χ3n) is 13.2. The predicted octanol–water partition coefficient (Wildman–Crippen LogP) is 12.4.